The Morgan fingerprint density at radius 2 is 1.86 bits per heavy atom. The summed E-state index contributed by atoms with van der Waals surface area (Å²) in [5, 5.41) is 9.00. The molecule has 1 fully saturated rings. The minimum Gasteiger partial charge on any atom is -0.444 e. The third-order valence-corrected chi connectivity index (χ3v) is 2.76. The number of quaternary nitrogens is 1. The number of hydrogen-bond donors (Lipinski definition) is 0. The lowest BCUT2D eigenvalue weighted by atomic mass is 10.4. The van der Waals surface area contributed by atoms with Crippen molar-refractivity contribution in [3.8, 4) is 0 Å². The maximum absolute atomic E-state index is 8.00. The van der Waals surface area contributed by atoms with E-state index < -0.39 is 0 Å². The molecule has 0 saturated carbocycles. The van der Waals surface area contributed by atoms with E-state index in [1.165, 1.54) is 37.0 Å². The second-order valence-electron chi connectivity index (χ2n) is 3.51. The molecule has 14 heavy (non-hydrogen) atoms. The Labute approximate surface area is 85.2 Å². The molecule has 0 radical (unpaired) electrons. The first-order valence-electron chi connectivity index (χ1n) is 5.12. The molecule has 0 bridgehead atoms. The predicted molar refractivity (Wildman–Crippen MR) is 55.4 cm³/mol. The lowest BCUT2D eigenvalue weighted by Crippen LogP contribution is -2.46. The van der Waals surface area contributed by atoms with E-state index in [-0.39, 0.29) is 0 Å². The average Bonchev–Trinajstić information content (AvgIpc) is 2.65. The summed E-state index contributed by atoms with van der Waals surface area (Å²) >= 11 is 0. The van der Waals surface area contributed by atoms with Crippen LogP contribution in [0.15, 0.2) is 5.34 Å². The lowest BCUT2D eigenvalue weighted by molar-refractivity contribution is -0.933. The first kappa shape index (κ1) is 13.3. The van der Waals surface area contributed by atoms with Crippen LogP contribution in [0.5, 0.6) is 0 Å². The SMILES string of the molecule is CCOC[N+]1(CC)CCCC1.O=N[O-]. The third-order valence-electron chi connectivity index (χ3n) is 2.76. The fourth-order valence-electron chi connectivity index (χ4n) is 1.83. The molecule has 1 saturated heterocycles. The van der Waals surface area contributed by atoms with E-state index in [1.807, 2.05) is 0 Å². The molecule has 0 aromatic carbocycles. The maximum atomic E-state index is 8.00. The fraction of sp³-hybridized carbons (Fsp3) is 1.00. The molecule has 1 aliphatic rings. The van der Waals surface area contributed by atoms with E-state index in [1.54, 1.807) is 0 Å². The monoisotopic (exact) mass is 204 g/mol. The molecule has 0 N–H and O–H groups in total. The zero-order valence-corrected chi connectivity index (χ0v) is 9.07. The minimum absolute atomic E-state index is 0.861. The zero-order chi connectivity index (χ0) is 10.9. The van der Waals surface area contributed by atoms with Gasteiger partial charge in [0.05, 0.1) is 19.6 Å². The average molecular weight is 204 g/mol. The van der Waals surface area contributed by atoms with Crippen LogP contribution in [-0.2, 0) is 4.74 Å². The summed E-state index contributed by atoms with van der Waals surface area (Å²) < 4.78 is 6.69. The van der Waals surface area contributed by atoms with Crippen molar-refractivity contribution in [2.45, 2.75) is 26.7 Å². The standard InChI is InChI=1S/C9H20NO.HNO2/c1-3-10(9-11-4-2)7-5-6-8-10;2-1-3/h3-9H2,1-2H3;(H,2,3)/q+1;/p-1. The molecule has 0 aromatic rings. The topological polar surface area (TPSA) is 61.7 Å². The van der Waals surface area contributed by atoms with Crippen LogP contribution in [0.2, 0.25) is 0 Å². The Bertz CT molecular complexity index is 147. The highest BCUT2D eigenvalue weighted by Gasteiger charge is 2.29. The quantitative estimate of drug-likeness (QED) is 0.399. The van der Waals surface area contributed by atoms with Crippen LogP contribution in [0.4, 0.5) is 0 Å². The van der Waals surface area contributed by atoms with Crippen molar-refractivity contribution >= 4 is 0 Å². The molecule has 5 heteroatoms. The smallest absolute Gasteiger partial charge is 0.183 e. The van der Waals surface area contributed by atoms with Gasteiger partial charge in [0, 0.05) is 19.4 Å². The summed E-state index contributed by atoms with van der Waals surface area (Å²) in [6.07, 6.45) is 2.78. The van der Waals surface area contributed by atoms with Gasteiger partial charge in [0.25, 0.3) is 0 Å². The Morgan fingerprint density at radius 3 is 2.21 bits per heavy atom. The van der Waals surface area contributed by atoms with Crippen LogP contribution < -0.4 is 0 Å². The van der Waals surface area contributed by atoms with Gasteiger partial charge in [0.2, 0.25) is 0 Å². The normalized spacial score (nSPS) is 18.4. The van der Waals surface area contributed by atoms with Crippen molar-refractivity contribution in [1.29, 1.82) is 0 Å². The molecular formula is C9H20N2O3. The third kappa shape index (κ3) is 4.53. The first-order valence-corrected chi connectivity index (χ1v) is 5.12. The molecule has 1 aliphatic heterocycles. The van der Waals surface area contributed by atoms with Crippen LogP contribution in [0, 0.1) is 10.1 Å². The second-order valence-corrected chi connectivity index (χ2v) is 3.51. The van der Waals surface area contributed by atoms with Crippen LogP contribution in [0.1, 0.15) is 26.7 Å². The van der Waals surface area contributed by atoms with Crippen molar-refractivity contribution in [3.05, 3.63) is 10.1 Å². The molecule has 1 heterocycles. The van der Waals surface area contributed by atoms with Gasteiger partial charge in [0.15, 0.2) is 6.73 Å². The summed E-state index contributed by atoms with van der Waals surface area (Å²) in [5.74, 6) is 0. The molecule has 1 rings (SSSR count). The summed E-state index contributed by atoms with van der Waals surface area (Å²) in [4.78, 5) is 8.00. The first-order chi connectivity index (χ1) is 6.74. The van der Waals surface area contributed by atoms with Crippen molar-refractivity contribution in [2.75, 3.05) is 33.0 Å². The van der Waals surface area contributed by atoms with Gasteiger partial charge in [-0.2, -0.15) is 0 Å². The highest BCUT2D eigenvalue weighted by atomic mass is 16.6. The van der Waals surface area contributed by atoms with Crippen molar-refractivity contribution in [1.82, 2.24) is 0 Å². The van der Waals surface area contributed by atoms with Gasteiger partial charge in [0.1, 0.15) is 0 Å². The van der Waals surface area contributed by atoms with Crippen LogP contribution in [0.25, 0.3) is 0 Å². The maximum Gasteiger partial charge on any atom is 0.183 e. The molecule has 0 unspecified atom stereocenters. The molecule has 0 amide bonds. The van der Waals surface area contributed by atoms with E-state index in [9.17, 15) is 0 Å². The number of hydrogen-bond acceptors (Lipinski definition) is 4. The highest BCUT2D eigenvalue weighted by molar-refractivity contribution is 4.50. The molecular weight excluding hydrogens is 184 g/mol. The number of nitrogens with zero attached hydrogens (tertiary/aromatic N) is 2. The Kier molecular flexibility index (Phi) is 7.32. The van der Waals surface area contributed by atoms with E-state index in [0.29, 0.717) is 0 Å². The van der Waals surface area contributed by atoms with E-state index in [0.717, 1.165) is 18.7 Å². The Balaban J connectivity index is 0.000000500. The molecule has 0 atom stereocenters. The van der Waals surface area contributed by atoms with Crippen molar-refractivity contribution in [2.24, 2.45) is 5.34 Å². The predicted octanol–water partition coefficient (Wildman–Crippen LogP) is 1.86. The van der Waals surface area contributed by atoms with Gasteiger partial charge in [-0.15, -0.1) is 5.34 Å². The van der Waals surface area contributed by atoms with Crippen LogP contribution in [-0.4, -0.2) is 37.5 Å². The summed E-state index contributed by atoms with van der Waals surface area (Å²) in [5.41, 5.74) is 0. The summed E-state index contributed by atoms with van der Waals surface area (Å²) in [7, 11) is 0. The summed E-state index contributed by atoms with van der Waals surface area (Å²) in [6, 6.07) is 0. The Morgan fingerprint density at radius 1 is 1.36 bits per heavy atom. The van der Waals surface area contributed by atoms with E-state index >= 15 is 0 Å². The van der Waals surface area contributed by atoms with Crippen molar-refractivity contribution < 1.29 is 9.22 Å². The lowest BCUT2D eigenvalue weighted by Gasteiger charge is -2.32. The largest absolute Gasteiger partial charge is 0.444 e. The van der Waals surface area contributed by atoms with Crippen LogP contribution >= 0.6 is 0 Å². The van der Waals surface area contributed by atoms with Gasteiger partial charge in [-0.1, -0.05) is 0 Å². The van der Waals surface area contributed by atoms with Crippen LogP contribution in [0.3, 0.4) is 0 Å². The number of rotatable bonds is 4. The Hall–Kier alpha value is -0.680. The van der Waals surface area contributed by atoms with Gasteiger partial charge in [-0.3, -0.25) is 0 Å². The molecule has 0 aliphatic carbocycles. The summed E-state index contributed by atoms with van der Waals surface area (Å²) in [6.45, 7) is 10.0. The minimum atomic E-state index is 0.861. The second kappa shape index (κ2) is 7.70. The van der Waals surface area contributed by atoms with E-state index in [4.69, 9.17) is 14.9 Å². The van der Waals surface area contributed by atoms with Gasteiger partial charge >= 0.3 is 0 Å². The molecule has 0 spiro atoms. The fourth-order valence-corrected chi connectivity index (χ4v) is 1.83. The number of likely N-dealkylation sites (tertiary alicyclic amines) is 1. The van der Waals surface area contributed by atoms with Gasteiger partial charge < -0.3 is 19.3 Å². The molecule has 84 valence electrons. The highest BCUT2D eigenvalue weighted by Crippen LogP contribution is 2.18. The zero-order valence-electron chi connectivity index (χ0n) is 9.07. The van der Waals surface area contributed by atoms with Gasteiger partial charge in [-0.05, 0) is 13.8 Å². The molecule has 5 nitrogen and oxygen atoms in total. The van der Waals surface area contributed by atoms with Crippen molar-refractivity contribution in [3.63, 3.8) is 0 Å². The number of ether oxygens (including phenoxy) is 1. The van der Waals surface area contributed by atoms with Gasteiger partial charge in [-0.25, -0.2) is 0 Å². The molecule has 0 aromatic heterocycles. The van der Waals surface area contributed by atoms with E-state index in [2.05, 4.69) is 13.8 Å².